The molecular formula is C38H26F5NO4. The number of ether oxygens (including phenoxy) is 2. The van der Waals surface area contributed by atoms with Crippen molar-refractivity contribution in [1.82, 2.24) is 0 Å². The van der Waals surface area contributed by atoms with Crippen LogP contribution in [-0.2, 0) is 9.59 Å². The third-order valence-corrected chi connectivity index (χ3v) is 7.44. The van der Waals surface area contributed by atoms with Gasteiger partial charge in [0.25, 0.3) is 0 Å². The minimum absolute atomic E-state index is 0.0341. The van der Waals surface area contributed by atoms with Crippen LogP contribution in [-0.4, -0.2) is 11.9 Å². The van der Waals surface area contributed by atoms with E-state index < -0.39 is 46.6 Å². The van der Waals surface area contributed by atoms with Crippen molar-refractivity contribution >= 4 is 11.9 Å². The number of nitriles is 1. The summed E-state index contributed by atoms with van der Waals surface area (Å²) < 4.78 is 81.1. The maximum Gasteiger partial charge on any atom is 0.311 e. The molecule has 0 unspecified atom stereocenters. The van der Waals surface area contributed by atoms with Crippen LogP contribution in [0, 0.1) is 40.4 Å². The zero-order valence-electron chi connectivity index (χ0n) is 25.2. The molecule has 0 amide bonds. The summed E-state index contributed by atoms with van der Waals surface area (Å²) in [7, 11) is 0. The molecule has 0 aliphatic carbocycles. The average Bonchev–Trinajstić information content (AvgIpc) is 3.05. The van der Waals surface area contributed by atoms with Crippen LogP contribution in [0.4, 0.5) is 22.0 Å². The first-order chi connectivity index (χ1) is 23.1. The van der Waals surface area contributed by atoms with Gasteiger partial charge in [0.1, 0.15) is 52.2 Å². The summed E-state index contributed by atoms with van der Waals surface area (Å²) in [4.78, 5) is 24.5. The molecule has 0 N–H and O–H groups in total. The number of hydrogen-bond donors (Lipinski definition) is 0. The number of carbonyl (C=O) groups excluding carboxylic acids is 2. The zero-order valence-corrected chi connectivity index (χ0v) is 25.2. The minimum atomic E-state index is -1.08. The summed E-state index contributed by atoms with van der Waals surface area (Å²) >= 11 is 0. The second-order valence-electron chi connectivity index (χ2n) is 10.8. The van der Waals surface area contributed by atoms with Crippen molar-refractivity contribution in [1.29, 1.82) is 5.26 Å². The monoisotopic (exact) mass is 655 g/mol. The molecule has 0 heterocycles. The quantitative estimate of drug-likeness (QED) is 0.0613. The lowest BCUT2D eigenvalue weighted by atomic mass is 9.98. The largest absolute Gasteiger partial charge is 0.427 e. The van der Waals surface area contributed by atoms with Crippen LogP contribution in [0.15, 0.2) is 97.1 Å². The van der Waals surface area contributed by atoms with E-state index in [1.807, 2.05) is 0 Å². The Morgan fingerprint density at radius 3 is 1.58 bits per heavy atom. The van der Waals surface area contributed by atoms with Crippen LogP contribution < -0.4 is 9.47 Å². The number of nitrogens with zero attached hydrogens (tertiary/aromatic N) is 1. The standard InChI is InChI=1S/C38H26F5NO4/c39-27-11-6-24(7-12-27)30-17-15-29(21-36(30)43)48-38(46)5-3-1-2-4-37(45)47-28-13-8-23(9-14-28)25-10-16-31(33(40)18-25)26-19-34(41)32(22-44)35(42)20-26/h6-21H,1-5H2. The van der Waals surface area contributed by atoms with Gasteiger partial charge in [0.2, 0.25) is 0 Å². The molecule has 0 radical (unpaired) electrons. The molecule has 0 aromatic heterocycles. The number of rotatable bonds is 11. The number of esters is 2. The predicted octanol–water partition coefficient (Wildman–Crippen LogP) is 9.72. The summed E-state index contributed by atoms with van der Waals surface area (Å²) in [6.45, 7) is 0. The Morgan fingerprint density at radius 1 is 0.521 bits per heavy atom. The lowest BCUT2D eigenvalue weighted by Crippen LogP contribution is -2.09. The predicted molar refractivity (Wildman–Crippen MR) is 168 cm³/mol. The van der Waals surface area contributed by atoms with Gasteiger partial charge in [0, 0.05) is 30.0 Å². The fourth-order valence-electron chi connectivity index (χ4n) is 4.98. The Morgan fingerprint density at radius 2 is 1.00 bits per heavy atom. The van der Waals surface area contributed by atoms with Crippen LogP contribution in [0.1, 0.15) is 37.7 Å². The Bertz CT molecular complexity index is 1980. The third kappa shape index (κ3) is 8.30. The number of unbranched alkanes of at least 4 members (excludes halogenated alkanes) is 2. The highest BCUT2D eigenvalue weighted by Gasteiger charge is 2.15. The van der Waals surface area contributed by atoms with Crippen LogP contribution in [0.2, 0.25) is 0 Å². The van der Waals surface area contributed by atoms with Crippen LogP contribution in [0.3, 0.4) is 0 Å². The fraction of sp³-hybridized carbons (Fsp3) is 0.132. The summed E-state index contributed by atoms with van der Waals surface area (Å²) in [5.41, 5.74) is 1.01. The molecule has 0 saturated heterocycles. The van der Waals surface area contributed by atoms with Gasteiger partial charge in [-0.1, -0.05) is 42.8 Å². The van der Waals surface area contributed by atoms with Gasteiger partial charge in [-0.3, -0.25) is 9.59 Å². The van der Waals surface area contributed by atoms with E-state index >= 15 is 0 Å². The van der Waals surface area contributed by atoms with Gasteiger partial charge in [-0.05, 0) is 89.7 Å². The average molecular weight is 656 g/mol. The van der Waals surface area contributed by atoms with Gasteiger partial charge < -0.3 is 9.47 Å². The van der Waals surface area contributed by atoms with E-state index in [1.165, 1.54) is 54.6 Å². The first-order valence-electron chi connectivity index (χ1n) is 14.9. The summed E-state index contributed by atoms with van der Waals surface area (Å²) in [5.74, 6) is -4.60. The SMILES string of the molecule is N#Cc1c(F)cc(-c2ccc(-c3ccc(OC(=O)CCCCCC(=O)Oc4ccc(-c5ccc(F)cc5)c(F)c4)cc3)cc2F)cc1F. The summed E-state index contributed by atoms with van der Waals surface area (Å²) in [5, 5.41) is 8.84. The Hall–Kier alpha value is -5.82. The highest BCUT2D eigenvalue weighted by atomic mass is 19.1. The highest BCUT2D eigenvalue weighted by molar-refractivity contribution is 5.75. The molecule has 242 valence electrons. The summed E-state index contributed by atoms with van der Waals surface area (Å²) in [6, 6.07) is 23.1. The molecule has 0 aliphatic heterocycles. The summed E-state index contributed by atoms with van der Waals surface area (Å²) in [6.07, 6.45) is 1.63. The van der Waals surface area contributed by atoms with E-state index in [9.17, 15) is 31.5 Å². The van der Waals surface area contributed by atoms with E-state index in [2.05, 4.69) is 0 Å². The topological polar surface area (TPSA) is 76.4 Å². The van der Waals surface area contributed by atoms with Crippen molar-refractivity contribution in [3.63, 3.8) is 0 Å². The normalized spacial score (nSPS) is 10.8. The van der Waals surface area contributed by atoms with Crippen molar-refractivity contribution in [2.24, 2.45) is 0 Å². The van der Waals surface area contributed by atoms with E-state index in [4.69, 9.17) is 14.7 Å². The molecule has 5 rings (SSSR count). The molecule has 0 bridgehead atoms. The lowest BCUT2D eigenvalue weighted by Gasteiger charge is -2.09. The van der Waals surface area contributed by atoms with E-state index in [-0.39, 0.29) is 41.0 Å². The molecule has 0 fully saturated rings. The second kappa shape index (κ2) is 15.2. The number of halogens is 5. The maximum atomic E-state index is 14.9. The van der Waals surface area contributed by atoms with Crippen molar-refractivity contribution in [2.75, 3.05) is 0 Å². The van der Waals surface area contributed by atoms with Gasteiger partial charge in [-0.15, -0.1) is 0 Å². The van der Waals surface area contributed by atoms with Crippen molar-refractivity contribution < 1.29 is 41.0 Å². The molecule has 48 heavy (non-hydrogen) atoms. The first-order valence-corrected chi connectivity index (χ1v) is 14.9. The number of carbonyl (C=O) groups is 2. The molecule has 0 aliphatic rings. The molecule has 0 saturated carbocycles. The second-order valence-corrected chi connectivity index (χ2v) is 10.8. The van der Waals surface area contributed by atoms with Crippen LogP contribution in [0.25, 0.3) is 33.4 Å². The van der Waals surface area contributed by atoms with E-state index in [0.717, 1.165) is 18.2 Å². The van der Waals surface area contributed by atoms with Crippen LogP contribution in [0.5, 0.6) is 11.5 Å². The van der Waals surface area contributed by atoms with Gasteiger partial charge in [-0.2, -0.15) is 5.26 Å². The lowest BCUT2D eigenvalue weighted by molar-refractivity contribution is -0.134. The molecule has 5 nitrogen and oxygen atoms in total. The van der Waals surface area contributed by atoms with Gasteiger partial charge in [0.15, 0.2) is 0 Å². The molecule has 0 atom stereocenters. The fourth-order valence-corrected chi connectivity index (χ4v) is 4.98. The molecule has 5 aromatic rings. The van der Waals surface area contributed by atoms with Crippen LogP contribution >= 0.6 is 0 Å². The smallest absolute Gasteiger partial charge is 0.311 e. The highest BCUT2D eigenvalue weighted by Crippen LogP contribution is 2.31. The zero-order chi connectivity index (χ0) is 34.2. The van der Waals surface area contributed by atoms with Crippen molar-refractivity contribution in [2.45, 2.75) is 32.1 Å². The minimum Gasteiger partial charge on any atom is -0.427 e. The maximum absolute atomic E-state index is 14.9. The van der Waals surface area contributed by atoms with Crippen molar-refractivity contribution in [3.05, 3.63) is 132 Å². The third-order valence-electron chi connectivity index (χ3n) is 7.44. The molecule has 0 spiro atoms. The first kappa shape index (κ1) is 33.5. The van der Waals surface area contributed by atoms with Gasteiger partial charge in [0.05, 0.1) is 0 Å². The van der Waals surface area contributed by atoms with Gasteiger partial charge in [-0.25, -0.2) is 22.0 Å². The van der Waals surface area contributed by atoms with E-state index in [0.29, 0.717) is 36.0 Å². The molecule has 10 heteroatoms. The van der Waals surface area contributed by atoms with Crippen molar-refractivity contribution in [3.8, 4) is 50.9 Å². The Labute approximate surface area is 272 Å². The Balaban J connectivity index is 1.05. The molecular weight excluding hydrogens is 629 g/mol. The molecule has 5 aromatic carbocycles. The number of benzene rings is 5. The van der Waals surface area contributed by atoms with E-state index in [1.54, 1.807) is 30.3 Å². The van der Waals surface area contributed by atoms with Gasteiger partial charge >= 0.3 is 11.9 Å². The number of hydrogen-bond acceptors (Lipinski definition) is 5. The Kier molecular flexibility index (Phi) is 10.6.